The topological polar surface area (TPSA) is 62.6 Å². The zero-order valence-corrected chi connectivity index (χ0v) is 15.2. The van der Waals surface area contributed by atoms with Crippen LogP contribution < -0.4 is 0 Å². The van der Waals surface area contributed by atoms with Crippen LogP contribution in [-0.2, 0) is 16.6 Å². The van der Waals surface area contributed by atoms with Gasteiger partial charge in [0.05, 0.1) is 6.26 Å². The van der Waals surface area contributed by atoms with Gasteiger partial charge < -0.3 is 9.47 Å². The molecule has 1 fully saturated rings. The van der Waals surface area contributed by atoms with Crippen LogP contribution in [0.3, 0.4) is 0 Å². The highest BCUT2D eigenvalue weighted by Gasteiger charge is 2.25. The molecule has 0 saturated carbocycles. The number of carbonyl (C=O) groups excluding carboxylic acids is 1. The van der Waals surface area contributed by atoms with E-state index in [2.05, 4.69) is 0 Å². The van der Waals surface area contributed by atoms with Gasteiger partial charge in [-0.05, 0) is 24.1 Å². The molecule has 1 aliphatic rings. The van der Waals surface area contributed by atoms with E-state index >= 15 is 0 Å². The van der Waals surface area contributed by atoms with Crippen molar-refractivity contribution in [1.82, 2.24) is 13.8 Å². The van der Waals surface area contributed by atoms with E-state index in [0.29, 0.717) is 44.8 Å². The highest BCUT2D eigenvalue weighted by Crippen LogP contribution is 2.13. The molecule has 1 aromatic heterocycles. The predicted molar refractivity (Wildman–Crippen MR) is 96.9 cm³/mol. The monoisotopic (exact) mass is 361 g/mol. The van der Waals surface area contributed by atoms with Crippen molar-refractivity contribution in [3.8, 4) is 0 Å². The van der Waals surface area contributed by atoms with Crippen LogP contribution >= 0.6 is 0 Å². The summed E-state index contributed by atoms with van der Waals surface area (Å²) >= 11 is 0. The summed E-state index contributed by atoms with van der Waals surface area (Å²) in [7, 11) is -3.21. The molecular formula is C18H23N3O3S. The lowest BCUT2D eigenvalue weighted by atomic mass is 10.2. The number of hydrogen-bond donors (Lipinski definition) is 0. The predicted octanol–water partition coefficient (Wildman–Crippen LogP) is 1.64. The van der Waals surface area contributed by atoms with Crippen molar-refractivity contribution in [2.75, 3.05) is 32.4 Å². The van der Waals surface area contributed by atoms with Crippen LogP contribution in [0.25, 0.3) is 0 Å². The van der Waals surface area contributed by atoms with Crippen molar-refractivity contribution >= 4 is 15.9 Å². The van der Waals surface area contributed by atoms with Gasteiger partial charge in [-0.15, -0.1) is 0 Å². The molecule has 1 saturated heterocycles. The fourth-order valence-corrected chi connectivity index (χ4v) is 3.99. The average molecular weight is 361 g/mol. The van der Waals surface area contributed by atoms with E-state index in [1.165, 1.54) is 10.6 Å². The highest BCUT2D eigenvalue weighted by molar-refractivity contribution is 7.88. The lowest BCUT2D eigenvalue weighted by Gasteiger charge is -2.22. The summed E-state index contributed by atoms with van der Waals surface area (Å²) in [5.41, 5.74) is 1.77. The third-order valence-corrected chi connectivity index (χ3v) is 5.76. The summed E-state index contributed by atoms with van der Waals surface area (Å²) in [6.07, 6.45) is 3.77. The lowest BCUT2D eigenvalue weighted by Crippen LogP contribution is -2.37. The molecule has 2 heterocycles. The van der Waals surface area contributed by atoms with Crippen LogP contribution in [-0.4, -0.2) is 60.5 Å². The van der Waals surface area contributed by atoms with E-state index < -0.39 is 10.0 Å². The number of aromatic nitrogens is 1. The normalized spacial score (nSPS) is 16.6. The van der Waals surface area contributed by atoms with Crippen molar-refractivity contribution in [3.63, 3.8) is 0 Å². The molecule has 2 aromatic rings. The molecule has 0 spiro atoms. The van der Waals surface area contributed by atoms with Gasteiger partial charge in [0.2, 0.25) is 10.0 Å². The zero-order valence-electron chi connectivity index (χ0n) is 14.3. The van der Waals surface area contributed by atoms with E-state index in [1.54, 1.807) is 4.90 Å². The largest absolute Gasteiger partial charge is 0.339 e. The van der Waals surface area contributed by atoms with Crippen LogP contribution in [0.5, 0.6) is 0 Å². The van der Waals surface area contributed by atoms with Gasteiger partial charge in [-0.1, -0.05) is 30.3 Å². The Hall–Kier alpha value is -2.12. The Morgan fingerprint density at radius 3 is 2.48 bits per heavy atom. The number of hydrogen-bond acceptors (Lipinski definition) is 3. The molecule has 0 atom stereocenters. The van der Waals surface area contributed by atoms with Crippen molar-refractivity contribution in [2.45, 2.75) is 13.0 Å². The molecule has 134 valence electrons. The Morgan fingerprint density at radius 2 is 1.76 bits per heavy atom. The molecule has 7 heteroatoms. The summed E-state index contributed by atoms with van der Waals surface area (Å²) in [4.78, 5) is 14.7. The van der Waals surface area contributed by atoms with Crippen LogP contribution in [0, 0.1) is 0 Å². The molecule has 0 unspecified atom stereocenters. The van der Waals surface area contributed by atoms with E-state index in [4.69, 9.17) is 0 Å². The minimum atomic E-state index is -3.21. The van der Waals surface area contributed by atoms with E-state index in [-0.39, 0.29) is 5.91 Å². The maximum atomic E-state index is 12.9. The number of carbonyl (C=O) groups is 1. The Balaban J connectivity index is 1.73. The van der Waals surface area contributed by atoms with E-state index in [9.17, 15) is 13.2 Å². The van der Waals surface area contributed by atoms with Gasteiger partial charge in [-0.2, -0.15) is 0 Å². The van der Waals surface area contributed by atoms with Gasteiger partial charge in [0.15, 0.2) is 0 Å². The van der Waals surface area contributed by atoms with Gasteiger partial charge in [0, 0.05) is 38.9 Å². The SMILES string of the molecule is CS(=O)(=O)N1CCCN(C(=O)c2cccn2Cc2ccccc2)CC1. The lowest BCUT2D eigenvalue weighted by molar-refractivity contribution is 0.0754. The van der Waals surface area contributed by atoms with Crippen molar-refractivity contribution in [2.24, 2.45) is 0 Å². The summed E-state index contributed by atoms with van der Waals surface area (Å²) in [6.45, 7) is 2.44. The number of benzene rings is 1. The summed E-state index contributed by atoms with van der Waals surface area (Å²) in [5, 5.41) is 0. The van der Waals surface area contributed by atoms with Gasteiger partial charge in [-0.3, -0.25) is 4.79 Å². The van der Waals surface area contributed by atoms with Crippen LogP contribution in [0.2, 0.25) is 0 Å². The molecule has 6 nitrogen and oxygen atoms in total. The summed E-state index contributed by atoms with van der Waals surface area (Å²) in [6, 6.07) is 13.7. The molecule has 0 bridgehead atoms. The summed E-state index contributed by atoms with van der Waals surface area (Å²) < 4.78 is 26.8. The molecule has 1 amide bonds. The fraction of sp³-hybridized carbons (Fsp3) is 0.389. The second kappa shape index (κ2) is 7.41. The summed E-state index contributed by atoms with van der Waals surface area (Å²) in [5.74, 6) is -0.0451. The molecule has 0 radical (unpaired) electrons. The number of nitrogens with zero attached hydrogens (tertiary/aromatic N) is 3. The second-order valence-electron chi connectivity index (χ2n) is 6.31. The van der Waals surface area contributed by atoms with Gasteiger partial charge in [0.25, 0.3) is 5.91 Å². The maximum absolute atomic E-state index is 12.9. The number of sulfonamides is 1. The van der Waals surface area contributed by atoms with Gasteiger partial charge in [-0.25, -0.2) is 12.7 Å². The minimum Gasteiger partial charge on any atom is -0.339 e. The fourth-order valence-electron chi connectivity index (χ4n) is 3.12. The van der Waals surface area contributed by atoms with Crippen LogP contribution in [0.4, 0.5) is 0 Å². The first-order chi connectivity index (χ1) is 11.9. The smallest absolute Gasteiger partial charge is 0.270 e. The Bertz CT molecular complexity index is 830. The average Bonchev–Trinajstić information content (AvgIpc) is 2.88. The highest BCUT2D eigenvalue weighted by atomic mass is 32.2. The van der Waals surface area contributed by atoms with E-state index in [0.717, 1.165) is 5.56 Å². The van der Waals surface area contributed by atoms with Gasteiger partial charge in [0.1, 0.15) is 5.69 Å². The Labute approximate surface area is 148 Å². The first kappa shape index (κ1) is 17.7. The maximum Gasteiger partial charge on any atom is 0.270 e. The second-order valence-corrected chi connectivity index (χ2v) is 8.30. The molecule has 1 aromatic carbocycles. The quantitative estimate of drug-likeness (QED) is 0.832. The zero-order chi connectivity index (χ0) is 17.9. The van der Waals surface area contributed by atoms with Gasteiger partial charge >= 0.3 is 0 Å². The third-order valence-electron chi connectivity index (χ3n) is 4.46. The standard InChI is InChI=1S/C18H23N3O3S/c1-25(23,24)21-12-6-11-19(13-14-21)18(22)17-9-5-10-20(17)15-16-7-3-2-4-8-16/h2-5,7-10H,6,11-15H2,1H3. The first-order valence-corrected chi connectivity index (χ1v) is 10.2. The van der Waals surface area contributed by atoms with Crippen molar-refractivity contribution in [3.05, 3.63) is 59.9 Å². The molecule has 3 rings (SSSR count). The number of amides is 1. The first-order valence-electron chi connectivity index (χ1n) is 8.38. The minimum absolute atomic E-state index is 0.0451. The van der Waals surface area contributed by atoms with Crippen molar-refractivity contribution in [1.29, 1.82) is 0 Å². The Morgan fingerprint density at radius 1 is 1.00 bits per heavy atom. The van der Waals surface area contributed by atoms with Crippen molar-refractivity contribution < 1.29 is 13.2 Å². The van der Waals surface area contributed by atoms with Crippen LogP contribution in [0.1, 0.15) is 22.5 Å². The molecule has 0 N–H and O–H groups in total. The molecule has 0 aliphatic carbocycles. The van der Waals surface area contributed by atoms with Crippen LogP contribution in [0.15, 0.2) is 48.7 Å². The third kappa shape index (κ3) is 4.29. The Kier molecular flexibility index (Phi) is 5.24. The molecular weight excluding hydrogens is 338 g/mol. The molecule has 1 aliphatic heterocycles. The number of rotatable bonds is 4. The van der Waals surface area contributed by atoms with E-state index in [1.807, 2.05) is 53.2 Å². The molecule has 25 heavy (non-hydrogen) atoms.